The molecule has 2 amide bonds. The molecule has 3 atom stereocenters. The number of fused-ring (bicyclic) bond motifs is 3. The van der Waals surface area contributed by atoms with Crippen LogP contribution in [0.2, 0.25) is 0 Å². The lowest BCUT2D eigenvalue weighted by atomic mass is 9.97. The first-order valence-corrected chi connectivity index (χ1v) is 12.0. The van der Waals surface area contributed by atoms with Crippen molar-refractivity contribution in [3.05, 3.63) is 71.3 Å². The predicted molar refractivity (Wildman–Crippen MR) is 135 cm³/mol. The molecule has 7 nitrogen and oxygen atoms in total. The molecule has 3 rings (SSSR count). The fourth-order valence-electron chi connectivity index (χ4n) is 4.31. The quantitative estimate of drug-likeness (QED) is 0.423. The summed E-state index contributed by atoms with van der Waals surface area (Å²) in [5.74, 6) is -1.97. The Hall–Kier alpha value is -3.61. The van der Waals surface area contributed by atoms with E-state index in [4.69, 9.17) is 4.74 Å². The summed E-state index contributed by atoms with van der Waals surface area (Å²) in [6.07, 6.45) is 1.84. The normalized spacial score (nSPS) is 14.6. The molecule has 35 heavy (non-hydrogen) atoms. The van der Waals surface area contributed by atoms with E-state index in [0.717, 1.165) is 27.8 Å². The fourth-order valence-corrected chi connectivity index (χ4v) is 4.31. The molecule has 2 aromatic rings. The Morgan fingerprint density at radius 1 is 1.00 bits per heavy atom. The number of alkyl carbamates (subject to hydrolysis) is 1. The van der Waals surface area contributed by atoms with Crippen LogP contribution in [0, 0.1) is 5.92 Å². The highest BCUT2D eigenvalue weighted by atomic mass is 16.5. The van der Waals surface area contributed by atoms with Crippen molar-refractivity contribution in [3.8, 4) is 11.1 Å². The molecule has 0 aromatic heterocycles. The second-order valence-electron chi connectivity index (χ2n) is 9.25. The van der Waals surface area contributed by atoms with Crippen molar-refractivity contribution >= 4 is 18.0 Å². The Labute approximate surface area is 206 Å². The van der Waals surface area contributed by atoms with Gasteiger partial charge in [-0.2, -0.15) is 0 Å². The Morgan fingerprint density at radius 3 is 2.09 bits per heavy atom. The van der Waals surface area contributed by atoms with Crippen LogP contribution in [-0.2, 0) is 14.3 Å². The summed E-state index contributed by atoms with van der Waals surface area (Å²) in [6, 6.07) is 14.1. The number of benzene rings is 2. The van der Waals surface area contributed by atoms with E-state index < -0.39 is 30.1 Å². The predicted octanol–water partition coefficient (Wildman–Crippen LogP) is 4.87. The number of nitrogens with one attached hydrogen (secondary N) is 2. The summed E-state index contributed by atoms with van der Waals surface area (Å²) >= 11 is 0. The number of aliphatic carboxylic acids is 1. The highest BCUT2D eigenvalue weighted by Crippen LogP contribution is 2.44. The molecule has 2 aromatic carbocycles. The van der Waals surface area contributed by atoms with E-state index >= 15 is 0 Å². The first-order chi connectivity index (χ1) is 16.7. The van der Waals surface area contributed by atoms with Crippen molar-refractivity contribution in [2.75, 3.05) is 6.61 Å². The molecular formula is C28H34N2O5. The van der Waals surface area contributed by atoms with Crippen molar-refractivity contribution in [1.29, 1.82) is 0 Å². The van der Waals surface area contributed by atoms with Crippen molar-refractivity contribution in [3.63, 3.8) is 0 Å². The molecule has 0 spiro atoms. The molecule has 0 radical (unpaired) electrons. The third-order valence-electron chi connectivity index (χ3n) is 6.49. The minimum Gasteiger partial charge on any atom is -0.480 e. The number of hydrogen-bond donors (Lipinski definition) is 3. The zero-order valence-electron chi connectivity index (χ0n) is 20.7. The van der Waals surface area contributed by atoms with E-state index in [1.165, 1.54) is 0 Å². The Bertz CT molecular complexity index is 1060. The van der Waals surface area contributed by atoms with E-state index in [1.807, 2.05) is 64.1 Å². The Kier molecular flexibility index (Phi) is 8.68. The molecule has 186 valence electrons. The minimum absolute atomic E-state index is 0.0931. The van der Waals surface area contributed by atoms with Gasteiger partial charge in [-0.3, -0.25) is 4.79 Å². The average molecular weight is 479 g/mol. The van der Waals surface area contributed by atoms with E-state index in [-0.39, 0.29) is 24.9 Å². The van der Waals surface area contributed by atoms with Gasteiger partial charge in [-0.05, 0) is 48.4 Å². The zero-order chi connectivity index (χ0) is 25.5. The average Bonchev–Trinajstić information content (AvgIpc) is 3.16. The number of rotatable bonds is 10. The van der Waals surface area contributed by atoms with Gasteiger partial charge in [-0.1, -0.05) is 80.4 Å². The number of carbonyl (C=O) groups is 3. The number of hydrogen-bond acceptors (Lipinski definition) is 4. The van der Waals surface area contributed by atoms with Gasteiger partial charge in [0.15, 0.2) is 0 Å². The zero-order valence-corrected chi connectivity index (χ0v) is 20.7. The first kappa shape index (κ1) is 26.0. The lowest BCUT2D eigenvalue weighted by molar-refractivity contribution is -0.142. The van der Waals surface area contributed by atoms with Gasteiger partial charge in [-0.25, -0.2) is 9.59 Å². The van der Waals surface area contributed by atoms with Gasteiger partial charge in [-0.15, -0.1) is 0 Å². The molecule has 1 aliphatic carbocycles. The first-order valence-electron chi connectivity index (χ1n) is 12.0. The topological polar surface area (TPSA) is 105 Å². The van der Waals surface area contributed by atoms with Crippen LogP contribution in [0.15, 0.2) is 60.2 Å². The summed E-state index contributed by atoms with van der Waals surface area (Å²) in [6.45, 7) is 7.60. The van der Waals surface area contributed by atoms with Crippen LogP contribution in [0.3, 0.4) is 0 Å². The fraction of sp³-hybridized carbons (Fsp3) is 0.393. The molecule has 3 N–H and O–H groups in total. The van der Waals surface area contributed by atoms with Crippen molar-refractivity contribution < 1.29 is 24.2 Å². The van der Waals surface area contributed by atoms with Gasteiger partial charge in [0.05, 0.1) is 0 Å². The smallest absolute Gasteiger partial charge is 0.407 e. The van der Waals surface area contributed by atoms with Crippen LogP contribution < -0.4 is 10.6 Å². The number of ether oxygens (including phenoxy) is 1. The maximum Gasteiger partial charge on any atom is 0.407 e. The van der Waals surface area contributed by atoms with Gasteiger partial charge in [0.1, 0.15) is 18.7 Å². The summed E-state index contributed by atoms with van der Waals surface area (Å²) in [5.41, 5.74) is 5.42. The van der Waals surface area contributed by atoms with Crippen molar-refractivity contribution in [1.82, 2.24) is 10.6 Å². The molecule has 7 heteroatoms. The van der Waals surface area contributed by atoms with E-state index in [2.05, 4.69) is 22.8 Å². The van der Waals surface area contributed by atoms with Crippen LogP contribution >= 0.6 is 0 Å². The third-order valence-corrected chi connectivity index (χ3v) is 6.49. The Morgan fingerprint density at radius 2 is 1.57 bits per heavy atom. The number of carboxylic acid groups (broad SMARTS) is 1. The summed E-state index contributed by atoms with van der Waals surface area (Å²) in [5, 5.41) is 14.7. The van der Waals surface area contributed by atoms with Crippen LogP contribution in [0.4, 0.5) is 4.79 Å². The Balaban J connectivity index is 1.68. The summed E-state index contributed by atoms with van der Waals surface area (Å²) < 4.78 is 5.59. The molecule has 1 aliphatic rings. The van der Waals surface area contributed by atoms with E-state index in [0.29, 0.717) is 6.42 Å². The van der Waals surface area contributed by atoms with Crippen LogP contribution in [0.5, 0.6) is 0 Å². The van der Waals surface area contributed by atoms with Gasteiger partial charge in [0.2, 0.25) is 5.91 Å². The van der Waals surface area contributed by atoms with Crippen LogP contribution in [0.1, 0.15) is 57.6 Å². The number of amides is 2. The summed E-state index contributed by atoms with van der Waals surface area (Å²) in [4.78, 5) is 37.3. The second-order valence-corrected chi connectivity index (χ2v) is 9.25. The molecule has 0 bridgehead atoms. The molecule has 0 saturated heterocycles. The van der Waals surface area contributed by atoms with E-state index in [9.17, 15) is 19.5 Å². The molecule has 0 aliphatic heterocycles. The highest BCUT2D eigenvalue weighted by molar-refractivity contribution is 5.89. The standard InChI is InChI=1S/C28H34N2O5/c1-5-18(4)25(26(31)29-24(27(32)33)15-14-17(2)3)30-28(34)35-16-23-21-12-8-6-10-19(21)20-11-7-9-13-22(20)23/h6-14,18,23-25H,5,15-16H2,1-4H3,(H,29,31)(H,30,34)(H,32,33)/t18?,24?,25-/m0/s1. The SMILES string of the molecule is CCC(C)[C@H](NC(=O)OCC1c2ccccc2-c2ccccc21)C(=O)NC(CC=C(C)C)C(=O)O. The van der Waals surface area contributed by atoms with Crippen molar-refractivity contribution in [2.45, 2.75) is 58.5 Å². The highest BCUT2D eigenvalue weighted by Gasteiger charge is 2.32. The lowest BCUT2D eigenvalue weighted by Crippen LogP contribution is -2.54. The maximum absolute atomic E-state index is 13.0. The van der Waals surface area contributed by atoms with Gasteiger partial charge >= 0.3 is 12.1 Å². The molecular weight excluding hydrogens is 444 g/mol. The maximum atomic E-state index is 13.0. The van der Waals surface area contributed by atoms with Gasteiger partial charge in [0, 0.05) is 5.92 Å². The largest absolute Gasteiger partial charge is 0.480 e. The number of carboxylic acids is 1. The van der Waals surface area contributed by atoms with Gasteiger partial charge in [0.25, 0.3) is 0 Å². The van der Waals surface area contributed by atoms with Crippen molar-refractivity contribution in [2.24, 2.45) is 5.92 Å². The molecule has 0 heterocycles. The van der Waals surface area contributed by atoms with E-state index in [1.54, 1.807) is 6.08 Å². The minimum atomic E-state index is -1.13. The van der Waals surface area contributed by atoms with Gasteiger partial charge < -0.3 is 20.5 Å². The lowest BCUT2D eigenvalue weighted by Gasteiger charge is -2.25. The van der Waals surface area contributed by atoms with Crippen LogP contribution in [0.25, 0.3) is 11.1 Å². The van der Waals surface area contributed by atoms with Crippen LogP contribution in [-0.4, -0.2) is 41.8 Å². The molecule has 2 unspecified atom stereocenters. The second kappa shape index (κ2) is 11.7. The molecule has 0 saturated carbocycles. The third kappa shape index (κ3) is 6.29. The summed E-state index contributed by atoms with van der Waals surface area (Å²) in [7, 11) is 0. The monoisotopic (exact) mass is 478 g/mol. The molecule has 0 fully saturated rings. The number of carbonyl (C=O) groups excluding carboxylic acids is 2. The number of allylic oxidation sites excluding steroid dienone is 1.